The van der Waals surface area contributed by atoms with Crippen LogP contribution in [-0.4, -0.2) is 51.0 Å². The van der Waals surface area contributed by atoms with E-state index in [9.17, 15) is 14.4 Å². The van der Waals surface area contributed by atoms with Gasteiger partial charge >= 0.3 is 0 Å². The zero-order valence-corrected chi connectivity index (χ0v) is 20.0. The first-order valence-corrected chi connectivity index (χ1v) is 11.8. The van der Waals surface area contributed by atoms with Crippen molar-refractivity contribution >= 4 is 35.0 Å². The molecule has 9 heteroatoms. The third-order valence-corrected chi connectivity index (χ3v) is 7.10. The van der Waals surface area contributed by atoms with E-state index in [0.717, 1.165) is 31.2 Å². The molecule has 4 rings (SSSR count). The molecule has 1 aliphatic heterocycles. The SMILES string of the molecule is Cc1ccc(NC(=O)c2cc3n(n2)C[C@@](C)(C(=O)NC2CCCCCC2)N(C)C3=O)c(Cl)c1. The highest BCUT2D eigenvalue weighted by Crippen LogP contribution is 2.28. The van der Waals surface area contributed by atoms with Gasteiger partial charge in [-0.25, -0.2) is 0 Å². The van der Waals surface area contributed by atoms with Crippen molar-refractivity contribution in [3.05, 3.63) is 46.2 Å². The summed E-state index contributed by atoms with van der Waals surface area (Å²) in [6.45, 7) is 3.82. The molecule has 1 aromatic heterocycles. The van der Waals surface area contributed by atoms with Crippen LogP contribution >= 0.6 is 11.6 Å². The Kier molecular flexibility index (Phi) is 6.47. The Bertz CT molecular complexity index is 1090. The summed E-state index contributed by atoms with van der Waals surface area (Å²) in [5.41, 5.74) is 0.713. The molecule has 1 aliphatic carbocycles. The molecule has 1 saturated carbocycles. The van der Waals surface area contributed by atoms with E-state index in [2.05, 4.69) is 15.7 Å². The van der Waals surface area contributed by atoms with Gasteiger partial charge < -0.3 is 15.5 Å². The molecule has 0 spiro atoms. The van der Waals surface area contributed by atoms with Crippen molar-refractivity contribution in [3.63, 3.8) is 0 Å². The summed E-state index contributed by atoms with van der Waals surface area (Å²) in [5, 5.41) is 10.7. The lowest BCUT2D eigenvalue weighted by molar-refractivity contribution is -0.133. The monoisotopic (exact) mass is 471 g/mol. The molecule has 0 bridgehead atoms. The molecule has 0 unspecified atom stereocenters. The number of rotatable bonds is 4. The molecule has 176 valence electrons. The molecule has 1 fully saturated rings. The number of aryl methyl sites for hydroxylation is 1. The van der Waals surface area contributed by atoms with Crippen LogP contribution in [0.1, 0.15) is 72.0 Å². The minimum absolute atomic E-state index is 0.0943. The summed E-state index contributed by atoms with van der Waals surface area (Å²) in [5.74, 6) is -1.01. The van der Waals surface area contributed by atoms with E-state index >= 15 is 0 Å². The molecule has 1 aromatic carbocycles. The second kappa shape index (κ2) is 9.17. The van der Waals surface area contributed by atoms with Crippen molar-refractivity contribution in [3.8, 4) is 0 Å². The van der Waals surface area contributed by atoms with Crippen LogP contribution in [0.3, 0.4) is 0 Å². The summed E-state index contributed by atoms with van der Waals surface area (Å²) >= 11 is 6.22. The Labute approximate surface area is 198 Å². The van der Waals surface area contributed by atoms with Gasteiger partial charge in [-0.05, 0) is 44.4 Å². The Morgan fingerprint density at radius 3 is 2.52 bits per heavy atom. The highest BCUT2D eigenvalue weighted by atomic mass is 35.5. The normalized spacial score (nSPS) is 21.3. The van der Waals surface area contributed by atoms with Gasteiger partial charge in [-0.2, -0.15) is 5.10 Å². The minimum Gasteiger partial charge on any atom is -0.351 e. The van der Waals surface area contributed by atoms with E-state index in [1.165, 1.54) is 28.5 Å². The van der Waals surface area contributed by atoms with Gasteiger partial charge in [-0.3, -0.25) is 19.1 Å². The summed E-state index contributed by atoms with van der Waals surface area (Å²) in [6, 6.07) is 6.90. The van der Waals surface area contributed by atoms with E-state index in [1.807, 2.05) is 13.0 Å². The minimum atomic E-state index is -1.10. The molecular weight excluding hydrogens is 442 g/mol. The third kappa shape index (κ3) is 4.62. The van der Waals surface area contributed by atoms with Gasteiger partial charge in [0.25, 0.3) is 11.8 Å². The smallest absolute Gasteiger partial charge is 0.276 e. The summed E-state index contributed by atoms with van der Waals surface area (Å²) in [6.07, 6.45) is 6.50. The lowest BCUT2D eigenvalue weighted by Crippen LogP contribution is -2.63. The van der Waals surface area contributed by atoms with Gasteiger partial charge in [0.05, 0.1) is 17.3 Å². The van der Waals surface area contributed by atoms with Gasteiger partial charge in [0, 0.05) is 19.2 Å². The van der Waals surface area contributed by atoms with Crippen molar-refractivity contribution < 1.29 is 14.4 Å². The van der Waals surface area contributed by atoms with Crippen LogP contribution in [0.25, 0.3) is 0 Å². The lowest BCUT2D eigenvalue weighted by atomic mass is 9.95. The molecule has 0 saturated heterocycles. The number of hydrogen-bond donors (Lipinski definition) is 2. The Morgan fingerprint density at radius 1 is 1.15 bits per heavy atom. The second-order valence-corrected chi connectivity index (χ2v) is 9.72. The average molecular weight is 472 g/mol. The van der Waals surface area contributed by atoms with Crippen LogP contribution < -0.4 is 10.6 Å². The summed E-state index contributed by atoms with van der Waals surface area (Å²) in [7, 11) is 1.62. The maximum absolute atomic E-state index is 13.3. The van der Waals surface area contributed by atoms with E-state index in [0.29, 0.717) is 10.7 Å². The van der Waals surface area contributed by atoms with Crippen LogP contribution in [0.15, 0.2) is 24.3 Å². The fourth-order valence-electron chi connectivity index (χ4n) is 4.51. The number of aromatic nitrogens is 2. The second-order valence-electron chi connectivity index (χ2n) is 9.31. The number of benzene rings is 1. The number of anilines is 1. The molecule has 1 atom stereocenters. The molecule has 33 heavy (non-hydrogen) atoms. The van der Waals surface area contributed by atoms with Gasteiger partial charge in [-0.1, -0.05) is 43.4 Å². The topological polar surface area (TPSA) is 96.3 Å². The van der Waals surface area contributed by atoms with E-state index in [1.54, 1.807) is 26.1 Å². The first-order chi connectivity index (χ1) is 15.7. The number of nitrogens with one attached hydrogen (secondary N) is 2. The molecular formula is C24H30ClN5O3. The van der Waals surface area contributed by atoms with E-state index < -0.39 is 11.4 Å². The molecule has 2 aliphatic rings. The summed E-state index contributed by atoms with van der Waals surface area (Å²) in [4.78, 5) is 40.6. The van der Waals surface area contributed by atoms with E-state index in [-0.39, 0.29) is 35.8 Å². The maximum Gasteiger partial charge on any atom is 0.276 e. The number of nitrogens with zero attached hydrogens (tertiary/aromatic N) is 3. The number of fused-ring (bicyclic) bond motifs is 1. The first kappa shape index (κ1) is 23.3. The van der Waals surface area contributed by atoms with Crippen LogP contribution in [0.5, 0.6) is 0 Å². The van der Waals surface area contributed by atoms with Gasteiger partial charge in [0.15, 0.2) is 5.69 Å². The number of halogens is 1. The molecule has 0 radical (unpaired) electrons. The van der Waals surface area contributed by atoms with Crippen molar-refractivity contribution in [1.29, 1.82) is 0 Å². The van der Waals surface area contributed by atoms with Crippen LogP contribution in [0.4, 0.5) is 5.69 Å². The number of carbonyl (C=O) groups excluding carboxylic acids is 3. The Hall–Kier alpha value is -2.87. The van der Waals surface area contributed by atoms with E-state index in [4.69, 9.17) is 11.6 Å². The van der Waals surface area contributed by atoms with Crippen molar-refractivity contribution in [2.75, 3.05) is 12.4 Å². The standard InChI is InChI=1S/C24H30ClN5O3/c1-15-10-11-18(17(25)12-15)27-21(31)19-13-20-22(32)29(3)24(2,14-30(20)28-19)23(33)26-16-8-6-4-5-7-9-16/h10-13,16H,4-9,14H2,1-3H3,(H,26,33)(H,27,31)/t24-/m0/s1. The fourth-order valence-corrected chi connectivity index (χ4v) is 4.79. The number of carbonyl (C=O) groups is 3. The Morgan fingerprint density at radius 2 is 1.85 bits per heavy atom. The zero-order valence-electron chi connectivity index (χ0n) is 19.3. The van der Waals surface area contributed by atoms with Gasteiger partial charge in [-0.15, -0.1) is 0 Å². The molecule has 2 heterocycles. The quantitative estimate of drug-likeness (QED) is 0.663. The molecule has 2 aromatic rings. The maximum atomic E-state index is 13.3. The predicted molar refractivity (Wildman–Crippen MR) is 127 cm³/mol. The molecule has 2 N–H and O–H groups in total. The average Bonchev–Trinajstić information content (AvgIpc) is 3.02. The van der Waals surface area contributed by atoms with Crippen LogP contribution in [0, 0.1) is 6.92 Å². The number of amides is 3. The highest BCUT2D eigenvalue weighted by Gasteiger charge is 2.46. The summed E-state index contributed by atoms with van der Waals surface area (Å²) < 4.78 is 1.46. The van der Waals surface area contributed by atoms with Crippen molar-refractivity contribution in [1.82, 2.24) is 20.0 Å². The third-order valence-electron chi connectivity index (χ3n) is 6.79. The first-order valence-electron chi connectivity index (χ1n) is 11.4. The fraction of sp³-hybridized carbons (Fsp3) is 0.500. The molecule has 3 amide bonds. The predicted octanol–water partition coefficient (Wildman–Crippen LogP) is 3.78. The van der Waals surface area contributed by atoms with Crippen molar-refractivity contribution in [2.45, 2.75) is 70.5 Å². The van der Waals surface area contributed by atoms with Crippen molar-refractivity contribution in [2.24, 2.45) is 0 Å². The largest absolute Gasteiger partial charge is 0.351 e. The number of hydrogen-bond acceptors (Lipinski definition) is 4. The highest BCUT2D eigenvalue weighted by molar-refractivity contribution is 6.34. The van der Waals surface area contributed by atoms with Crippen LogP contribution in [-0.2, 0) is 11.3 Å². The molecule has 8 nitrogen and oxygen atoms in total. The lowest BCUT2D eigenvalue weighted by Gasteiger charge is -2.41. The van der Waals surface area contributed by atoms with Gasteiger partial charge in [0.1, 0.15) is 11.2 Å². The van der Waals surface area contributed by atoms with Crippen LogP contribution in [0.2, 0.25) is 5.02 Å². The van der Waals surface area contributed by atoms with Gasteiger partial charge in [0.2, 0.25) is 5.91 Å². The Balaban J connectivity index is 1.53. The number of likely N-dealkylation sites (N-methyl/N-ethyl adjacent to an activating group) is 1. The zero-order chi connectivity index (χ0) is 23.8.